The monoisotopic (exact) mass is 197 g/mol. The molecule has 1 saturated heterocycles. The molecule has 0 aliphatic carbocycles. The Hall–Kier alpha value is -0.770. The largest absolute Gasteiger partial charge is 0.437 e. The second-order valence-electron chi connectivity index (χ2n) is 3.07. The molecule has 1 aromatic heterocycles. The number of nitrogens with zero attached hydrogens (tertiary/aromatic N) is 1. The Labute approximate surface area is 80.9 Å². The molecule has 70 valence electrons. The van der Waals surface area contributed by atoms with Gasteiger partial charge in [-0.25, -0.2) is 4.98 Å². The molecule has 0 bridgehead atoms. The molecule has 0 radical (unpaired) electrons. The van der Waals surface area contributed by atoms with Crippen LogP contribution in [-0.4, -0.2) is 17.0 Å². The smallest absolute Gasteiger partial charge is 0.208 e. The van der Waals surface area contributed by atoms with Crippen LogP contribution in [-0.2, 0) is 0 Å². The van der Waals surface area contributed by atoms with Gasteiger partial charge in [0.25, 0.3) is 0 Å². The van der Waals surface area contributed by atoms with Crippen LogP contribution in [0.25, 0.3) is 0 Å². The van der Waals surface area contributed by atoms with Gasteiger partial charge in [0.15, 0.2) is 12.0 Å². The van der Waals surface area contributed by atoms with Crippen LogP contribution in [0.1, 0.15) is 41.0 Å². The van der Waals surface area contributed by atoms with Crippen LogP contribution < -0.4 is 0 Å². The van der Waals surface area contributed by atoms with E-state index in [0.717, 1.165) is 6.42 Å². The average Bonchev–Trinajstić information content (AvgIpc) is 2.67. The number of hydrogen-bond acceptors (Lipinski definition) is 4. The summed E-state index contributed by atoms with van der Waals surface area (Å²) in [4.78, 5) is 14.5. The summed E-state index contributed by atoms with van der Waals surface area (Å²) in [5, 5.41) is 0.363. The van der Waals surface area contributed by atoms with Gasteiger partial charge in [0, 0.05) is 0 Å². The van der Waals surface area contributed by atoms with E-state index in [9.17, 15) is 4.79 Å². The normalized spacial score (nSPS) is 22.9. The number of oxazole rings is 1. The van der Waals surface area contributed by atoms with Crippen molar-refractivity contribution in [3.63, 3.8) is 0 Å². The van der Waals surface area contributed by atoms with Crippen molar-refractivity contribution in [3.8, 4) is 0 Å². The Balaban J connectivity index is 2.09. The average molecular weight is 197 g/mol. The molecule has 13 heavy (non-hydrogen) atoms. The molecular formula is C9H11NO2S. The summed E-state index contributed by atoms with van der Waals surface area (Å²) in [6.45, 7) is 0. The minimum Gasteiger partial charge on any atom is -0.437 e. The molecule has 1 aromatic rings. The van der Waals surface area contributed by atoms with Crippen molar-refractivity contribution >= 4 is 18.0 Å². The number of carbonyl (C=O) groups is 1. The van der Waals surface area contributed by atoms with Crippen LogP contribution in [0.2, 0.25) is 0 Å². The summed E-state index contributed by atoms with van der Waals surface area (Å²) in [5.41, 5.74) is 0. The number of hydrogen-bond donors (Lipinski definition) is 0. The second-order valence-corrected chi connectivity index (χ2v) is 4.38. The Morgan fingerprint density at radius 2 is 2.54 bits per heavy atom. The SMILES string of the molecule is O=Cc1cnc(C2CCCCS2)o1. The predicted octanol–water partition coefficient (Wildman–Crippen LogP) is 2.45. The van der Waals surface area contributed by atoms with Gasteiger partial charge in [-0.15, -0.1) is 11.8 Å². The highest BCUT2D eigenvalue weighted by Crippen LogP contribution is 2.37. The molecule has 1 fully saturated rings. The number of carbonyl (C=O) groups excluding carboxylic acids is 1. The second kappa shape index (κ2) is 3.96. The van der Waals surface area contributed by atoms with E-state index in [1.807, 2.05) is 11.8 Å². The van der Waals surface area contributed by atoms with Crippen molar-refractivity contribution in [3.05, 3.63) is 17.8 Å². The van der Waals surface area contributed by atoms with E-state index in [0.29, 0.717) is 23.2 Å². The van der Waals surface area contributed by atoms with Gasteiger partial charge in [-0.3, -0.25) is 4.79 Å². The quantitative estimate of drug-likeness (QED) is 0.683. The molecule has 0 saturated carbocycles. The molecule has 0 spiro atoms. The molecule has 1 atom stereocenters. The van der Waals surface area contributed by atoms with Gasteiger partial charge < -0.3 is 4.42 Å². The fourth-order valence-corrected chi connectivity index (χ4v) is 2.68. The molecule has 2 rings (SSSR count). The van der Waals surface area contributed by atoms with Gasteiger partial charge in [0.2, 0.25) is 5.89 Å². The highest BCUT2D eigenvalue weighted by atomic mass is 32.2. The van der Waals surface area contributed by atoms with E-state index in [1.165, 1.54) is 24.8 Å². The minimum absolute atomic E-state index is 0.334. The molecule has 3 nitrogen and oxygen atoms in total. The first-order valence-electron chi connectivity index (χ1n) is 4.42. The maximum atomic E-state index is 10.4. The van der Waals surface area contributed by atoms with Gasteiger partial charge in [-0.05, 0) is 18.6 Å². The molecule has 0 N–H and O–H groups in total. The van der Waals surface area contributed by atoms with Crippen LogP contribution in [0, 0.1) is 0 Å². The van der Waals surface area contributed by atoms with Crippen molar-refractivity contribution in [1.82, 2.24) is 4.98 Å². The highest BCUT2D eigenvalue weighted by molar-refractivity contribution is 7.99. The van der Waals surface area contributed by atoms with Crippen LogP contribution in [0.15, 0.2) is 10.6 Å². The van der Waals surface area contributed by atoms with Gasteiger partial charge in [0.05, 0.1) is 11.4 Å². The summed E-state index contributed by atoms with van der Waals surface area (Å²) in [7, 11) is 0. The molecule has 1 aliphatic heterocycles. The fourth-order valence-electron chi connectivity index (χ4n) is 1.44. The fraction of sp³-hybridized carbons (Fsp3) is 0.556. The summed E-state index contributed by atoms with van der Waals surface area (Å²) >= 11 is 1.87. The van der Waals surface area contributed by atoms with Gasteiger partial charge >= 0.3 is 0 Å². The van der Waals surface area contributed by atoms with Gasteiger partial charge in [-0.2, -0.15) is 0 Å². The van der Waals surface area contributed by atoms with Crippen molar-refractivity contribution in [2.75, 3.05) is 5.75 Å². The van der Waals surface area contributed by atoms with E-state index < -0.39 is 0 Å². The summed E-state index contributed by atoms with van der Waals surface area (Å²) in [6.07, 6.45) is 5.82. The number of rotatable bonds is 2. The lowest BCUT2D eigenvalue weighted by atomic mass is 10.2. The number of aldehydes is 1. The van der Waals surface area contributed by atoms with E-state index >= 15 is 0 Å². The lowest BCUT2D eigenvalue weighted by Gasteiger charge is -2.17. The molecule has 4 heteroatoms. The molecule has 0 amide bonds. The Morgan fingerprint density at radius 1 is 1.62 bits per heavy atom. The summed E-state index contributed by atoms with van der Waals surface area (Å²) < 4.78 is 5.27. The maximum absolute atomic E-state index is 10.4. The highest BCUT2D eigenvalue weighted by Gasteiger charge is 2.20. The third kappa shape index (κ3) is 1.94. The standard InChI is InChI=1S/C9H11NO2S/c11-6-7-5-10-9(12-7)8-3-1-2-4-13-8/h5-6,8H,1-4H2. The first kappa shape index (κ1) is 8.81. The van der Waals surface area contributed by atoms with Crippen LogP contribution in [0.4, 0.5) is 0 Å². The Bertz CT molecular complexity index is 292. The number of aromatic nitrogens is 1. The lowest BCUT2D eigenvalue weighted by molar-refractivity contribution is 0.109. The number of thioether (sulfide) groups is 1. The molecule has 1 aliphatic rings. The topological polar surface area (TPSA) is 43.1 Å². The molecule has 0 aromatic carbocycles. The maximum Gasteiger partial charge on any atom is 0.208 e. The first-order chi connectivity index (χ1) is 6.40. The first-order valence-corrected chi connectivity index (χ1v) is 5.47. The van der Waals surface area contributed by atoms with Crippen LogP contribution in [0.3, 0.4) is 0 Å². The molecule has 1 unspecified atom stereocenters. The van der Waals surface area contributed by atoms with E-state index in [4.69, 9.17) is 4.42 Å². The van der Waals surface area contributed by atoms with E-state index in [1.54, 1.807) is 0 Å². The van der Waals surface area contributed by atoms with Crippen LogP contribution >= 0.6 is 11.8 Å². The predicted molar refractivity (Wildman–Crippen MR) is 50.9 cm³/mol. The third-order valence-electron chi connectivity index (χ3n) is 2.11. The zero-order valence-corrected chi connectivity index (χ0v) is 8.05. The molecular weight excluding hydrogens is 186 g/mol. The summed E-state index contributed by atoms with van der Waals surface area (Å²) in [5.74, 6) is 2.22. The van der Waals surface area contributed by atoms with E-state index in [-0.39, 0.29) is 0 Å². The zero-order valence-electron chi connectivity index (χ0n) is 7.23. The molecule has 2 heterocycles. The zero-order chi connectivity index (χ0) is 9.10. The van der Waals surface area contributed by atoms with Crippen molar-refractivity contribution in [2.24, 2.45) is 0 Å². The van der Waals surface area contributed by atoms with Gasteiger partial charge in [0.1, 0.15) is 0 Å². The Kier molecular flexibility index (Phi) is 2.68. The van der Waals surface area contributed by atoms with Crippen molar-refractivity contribution in [2.45, 2.75) is 24.5 Å². The van der Waals surface area contributed by atoms with Crippen molar-refractivity contribution in [1.29, 1.82) is 0 Å². The Morgan fingerprint density at radius 3 is 3.15 bits per heavy atom. The minimum atomic E-state index is 0.334. The lowest BCUT2D eigenvalue weighted by Crippen LogP contribution is -2.01. The van der Waals surface area contributed by atoms with Gasteiger partial charge in [-0.1, -0.05) is 6.42 Å². The third-order valence-corrected chi connectivity index (χ3v) is 3.48. The van der Waals surface area contributed by atoms with E-state index in [2.05, 4.69) is 4.98 Å². The van der Waals surface area contributed by atoms with Crippen molar-refractivity contribution < 1.29 is 9.21 Å². The van der Waals surface area contributed by atoms with Crippen LogP contribution in [0.5, 0.6) is 0 Å². The summed E-state index contributed by atoms with van der Waals surface area (Å²) in [6, 6.07) is 0.